The van der Waals surface area contributed by atoms with Gasteiger partial charge >= 0.3 is 0 Å². The highest BCUT2D eigenvalue weighted by Crippen LogP contribution is 2.28. The predicted molar refractivity (Wildman–Crippen MR) is 72.3 cm³/mol. The molecule has 0 aliphatic rings. The lowest BCUT2D eigenvalue weighted by molar-refractivity contribution is 0.454. The number of hydrogen-bond acceptors (Lipinski definition) is 4. The Morgan fingerprint density at radius 2 is 2.21 bits per heavy atom. The van der Waals surface area contributed by atoms with Crippen LogP contribution in [0.1, 0.15) is 24.5 Å². The van der Waals surface area contributed by atoms with Crippen LogP contribution in [0.25, 0.3) is 0 Å². The standard InChI is InChI=1S/C14H12ClN3O/c1-2-4-12-13(15)17-9-18-14(12)19-11-6-3-5-10(7-11)8-16/h3,5-7,9H,2,4H2,1H3. The van der Waals surface area contributed by atoms with Gasteiger partial charge in [0.05, 0.1) is 17.2 Å². The lowest BCUT2D eigenvalue weighted by Crippen LogP contribution is -1.98. The maximum absolute atomic E-state index is 8.86. The van der Waals surface area contributed by atoms with Gasteiger partial charge in [-0.15, -0.1) is 0 Å². The molecule has 19 heavy (non-hydrogen) atoms. The number of nitrogens with zero attached hydrogens (tertiary/aromatic N) is 3. The molecule has 1 heterocycles. The molecule has 0 saturated heterocycles. The average molecular weight is 274 g/mol. The molecule has 5 heteroatoms. The highest BCUT2D eigenvalue weighted by Gasteiger charge is 2.11. The van der Waals surface area contributed by atoms with Crippen molar-refractivity contribution in [2.24, 2.45) is 0 Å². The normalized spacial score (nSPS) is 9.95. The monoisotopic (exact) mass is 273 g/mol. The molecule has 0 amide bonds. The molecular weight excluding hydrogens is 262 g/mol. The third-order valence-corrected chi connectivity index (χ3v) is 2.86. The number of rotatable bonds is 4. The predicted octanol–water partition coefficient (Wildman–Crippen LogP) is 3.75. The minimum Gasteiger partial charge on any atom is -0.439 e. The van der Waals surface area contributed by atoms with Crippen LogP contribution in [0.3, 0.4) is 0 Å². The fraction of sp³-hybridized carbons (Fsp3) is 0.214. The molecule has 0 N–H and O–H groups in total. The van der Waals surface area contributed by atoms with Crippen LogP contribution in [0.4, 0.5) is 0 Å². The van der Waals surface area contributed by atoms with Crippen LogP contribution in [0.15, 0.2) is 30.6 Å². The topological polar surface area (TPSA) is 58.8 Å². The maximum Gasteiger partial charge on any atom is 0.227 e. The Morgan fingerprint density at radius 3 is 2.95 bits per heavy atom. The van der Waals surface area contributed by atoms with Crippen LogP contribution in [0, 0.1) is 11.3 Å². The van der Waals surface area contributed by atoms with E-state index in [1.54, 1.807) is 24.3 Å². The number of ether oxygens (including phenoxy) is 1. The van der Waals surface area contributed by atoms with Gasteiger partial charge in [-0.05, 0) is 24.6 Å². The van der Waals surface area contributed by atoms with E-state index in [1.165, 1.54) is 6.33 Å². The van der Waals surface area contributed by atoms with E-state index in [4.69, 9.17) is 21.6 Å². The van der Waals surface area contributed by atoms with E-state index >= 15 is 0 Å². The molecule has 2 rings (SSSR count). The Labute approximate surface area is 116 Å². The van der Waals surface area contributed by atoms with Crippen LogP contribution in [-0.2, 0) is 6.42 Å². The molecule has 4 nitrogen and oxygen atoms in total. The first-order valence-corrected chi connectivity index (χ1v) is 6.29. The third kappa shape index (κ3) is 3.21. The minimum absolute atomic E-state index is 0.406. The first-order valence-electron chi connectivity index (χ1n) is 5.92. The smallest absolute Gasteiger partial charge is 0.227 e. The molecule has 0 aliphatic heterocycles. The molecule has 0 fully saturated rings. The van der Waals surface area contributed by atoms with Gasteiger partial charge in [-0.3, -0.25) is 0 Å². The Hall–Kier alpha value is -2.12. The number of nitriles is 1. The molecule has 0 radical (unpaired) electrons. The Morgan fingerprint density at radius 1 is 1.37 bits per heavy atom. The molecular formula is C14H12ClN3O. The molecule has 0 aliphatic carbocycles. The number of aromatic nitrogens is 2. The zero-order valence-electron chi connectivity index (χ0n) is 10.4. The van der Waals surface area contributed by atoms with Gasteiger partial charge in [0.15, 0.2) is 0 Å². The molecule has 0 bridgehead atoms. The summed E-state index contributed by atoms with van der Waals surface area (Å²) < 4.78 is 5.70. The Balaban J connectivity index is 2.32. The van der Waals surface area contributed by atoms with E-state index in [1.807, 2.05) is 6.92 Å². The van der Waals surface area contributed by atoms with Crippen molar-refractivity contribution in [1.29, 1.82) is 5.26 Å². The summed E-state index contributed by atoms with van der Waals surface area (Å²) in [4.78, 5) is 8.06. The summed E-state index contributed by atoms with van der Waals surface area (Å²) in [7, 11) is 0. The second-order valence-corrected chi connectivity index (χ2v) is 4.30. The molecule has 0 unspecified atom stereocenters. The van der Waals surface area contributed by atoms with E-state index < -0.39 is 0 Å². The zero-order valence-corrected chi connectivity index (χ0v) is 11.2. The second-order valence-electron chi connectivity index (χ2n) is 3.94. The summed E-state index contributed by atoms with van der Waals surface area (Å²) in [6, 6.07) is 8.97. The van der Waals surface area contributed by atoms with E-state index in [9.17, 15) is 0 Å². The van der Waals surface area contributed by atoms with Gasteiger partial charge in [0.2, 0.25) is 5.88 Å². The second kappa shape index (κ2) is 6.17. The highest BCUT2D eigenvalue weighted by atomic mass is 35.5. The van der Waals surface area contributed by atoms with Crippen molar-refractivity contribution in [3.8, 4) is 17.7 Å². The molecule has 1 aromatic heterocycles. The summed E-state index contributed by atoms with van der Waals surface area (Å²) in [5.41, 5.74) is 1.32. The molecule has 2 aromatic rings. The molecule has 0 saturated carbocycles. The van der Waals surface area contributed by atoms with Crippen LogP contribution in [0.5, 0.6) is 11.6 Å². The van der Waals surface area contributed by atoms with E-state index in [0.29, 0.717) is 22.3 Å². The van der Waals surface area contributed by atoms with E-state index in [2.05, 4.69) is 16.0 Å². The van der Waals surface area contributed by atoms with Crippen molar-refractivity contribution in [3.63, 3.8) is 0 Å². The van der Waals surface area contributed by atoms with Gasteiger partial charge in [0.25, 0.3) is 0 Å². The van der Waals surface area contributed by atoms with Crippen molar-refractivity contribution < 1.29 is 4.74 Å². The number of hydrogen-bond donors (Lipinski definition) is 0. The van der Waals surface area contributed by atoms with Crippen LogP contribution >= 0.6 is 11.6 Å². The molecule has 1 aromatic carbocycles. The lowest BCUT2D eigenvalue weighted by Gasteiger charge is -2.10. The zero-order chi connectivity index (χ0) is 13.7. The summed E-state index contributed by atoms with van der Waals surface area (Å²) in [5.74, 6) is 1.00. The van der Waals surface area contributed by atoms with Gasteiger partial charge in [0, 0.05) is 0 Å². The van der Waals surface area contributed by atoms with Crippen molar-refractivity contribution in [3.05, 3.63) is 46.9 Å². The van der Waals surface area contributed by atoms with Crippen molar-refractivity contribution in [1.82, 2.24) is 9.97 Å². The number of halogens is 1. The van der Waals surface area contributed by atoms with Gasteiger partial charge in [-0.1, -0.05) is 31.0 Å². The van der Waals surface area contributed by atoms with E-state index in [0.717, 1.165) is 18.4 Å². The molecule has 0 atom stereocenters. The van der Waals surface area contributed by atoms with Gasteiger partial charge in [0.1, 0.15) is 17.2 Å². The third-order valence-electron chi connectivity index (χ3n) is 2.53. The summed E-state index contributed by atoms with van der Waals surface area (Å²) in [5, 5.41) is 9.26. The van der Waals surface area contributed by atoms with E-state index in [-0.39, 0.29) is 0 Å². The average Bonchev–Trinajstić information content (AvgIpc) is 2.43. The summed E-state index contributed by atoms with van der Waals surface area (Å²) >= 11 is 6.05. The van der Waals surface area contributed by atoms with Crippen LogP contribution in [-0.4, -0.2) is 9.97 Å². The SMILES string of the molecule is CCCc1c(Cl)ncnc1Oc1cccc(C#N)c1. The molecule has 96 valence electrons. The van der Waals surface area contributed by atoms with Crippen LogP contribution < -0.4 is 4.74 Å². The fourth-order valence-electron chi connectivity index (χ4n) is 1.66. The van der Waals surface area contributed by atoms with Crippen molar-refractivity contribution >= 4 is 11.6 Å². The largest absolute Gasteiger partial charge is 0.439 e. The highest BCUT2D eigenvalue weighted by molar-refractivity contribution is 6.30. The maximum atomic E-state index is 8.86. The quantitative estimate of drug-likeness (QED) is 0.796. The first-order chi connectivity index (χ1) is 9.24. The van der Waals surface area contributed by atoms with Gasteiger partial charge < -0.3 is 4.74 Å². The first kappa shape index (κ1) is 13.3. The lowest BCUT2D eigenvalue weighted by atomic mass is 10.2. The fourth-order valence-corrected chi connectivity index (χ4v) is 1.88. The Bertz CT molecular complexity index is 622. The van der Waals surface area contributed by atoms with Crippen molar-refractivity contribution in [2.45, 2.75) is 19.8 Å². The number of benzene rings is 1. The van der Waals surface area contributed by atoms with Crippen molar-refractivity contribution in [2.75, 3.05) is 0 Å². The van der Waals surface area contributed by atoms with Gasteiger partial charge in [-0.2, -0.15) is 5.26 Å². The summed E-state index contributed by atoms with van der Waals surface area (Å²) in [6.07, 6.45) is 3.03. The van der Waals surface area contributed by atoms with Gasteiger partial charge in [-0.25, -0.2) is 9.97 Å². The summed E-state index contributed by atoms with van der Waals surface area (Å²) in [6.45, 7) is 2.05. The van der Waals surface area contributed by atoms with Crippen LogP contribution in [0.2, 0.25) is 5.15 Å². The minimum atomic E-state index is 0.406. The Kier molecular flexibility index (Phi) is 4.32. The molecule has 0 spiro atoms.